The van der Waals surface area contributed by atoms with Gasteiger partial charge in [0.2, 0.25) is 0 Å². The van der Waals surface area contributed by atoms with Gasteiger partial charge in [-0.15, -0.1) is 0 Å². The van der Waals surface area contributed by atoms with Crippen molar-refractivity contribution in [2.75, 3.05) is 7.11 Å². The second-order valence-corrected chi connectivity index (χ2v) is 2.78. The molecule has 1 rings (SSSR count). The Hall–Kier alpha value is -1.31. The highest BCUT2D eigenvalue weighted by Crippen LogP contribution is 2.07. The van der Waals surface area contributed by atoms with E-state index in [0.29, 0.717) is 0 Å². The van der Waals surface area contributed by atoms with Gasteiger partial charge in [-0.2, -0.15) is 0 Å². The molecule has 0 saturated heterocycles. The number of nitrogens with zero attached hydrogens (tertiary/aromatic N) is 1. The third kappa shape index (κ3) is 2.09. The molecule has 0 saturated carbocycles. The summed E-state index contributed by atoms with van der Waals surface area (Å²) in [6.45, 7) is 4.11. The van der Waals surface area contributed by atoms with Crippen molar-refractivity contribution < 1.29 is 4.84 Å². The summed E-state index contributed by atoms with van der Waals surface area (Å²) in [6, 6.07) is 6.24. The molecule has 12 heavy (non-hydrogen) atoms. The summed E-state index contributed by atoms with van der Waals surface area (Å²) in [5.41, 5.74) is 3.55. The zero-order chi connectivity index (χ0) is 8.97. The first-order valence-corrected chi connectivity index (χ1v) is 3.88. The summed E-state index contributed by atoms with van der Waals surface area (Å²) in [5.74, 6) is 0. The molecule has 0 unspecified atom stereocenters. The highest BCUT2D eigenvalue weighted by Gasteiger charge is 1.94. The lowest BCUT2D eigenvalue weighted by molar-refractivity contribution is 0.215. The van der Waals surface area contributed by atoms with Crippen LogP contribution in [0.4, 0.5) is 0 Å². The first-order valence-electron chi connectivity index (χ1n) is 3.88. The van der Waals surface area contributed by atoms with Gasteiger partial charge < -0.3 is 4.84 Å². The molecule has 0 N–H and O–H groups in total. The van der Waals surface area contributed by atoms with E-state index in [0.717, 1.165) is 5.56 Å². The zero-order valence-electron chi connectivity index (χ0n) is 7.66. The van der Waals surface area contributed by atoms with Crippen molar-refractivity contribution in [2.24, 2.45) is 5.16 Å². The molecule has 0 aromatic heterocycles. The number of oxime groups is 1. The Balaban J connectivity index is 2.97. The molecule has 0 amide bonds. The standard InChI is InChI=1S/C10H13NO/c1-8-4-5-9(2)10(6-8)7-11-12-3/h4-7H,1-3H3/b11-7+. The topological polar surface area (TPSA) is 21.6 Å². The maximum absolute atomic E-state index is 4.61. The van der Waals surface area contributed by atoms with E-state index in [2.05, 4.69) is 42.0 Å². The number of aryl methyl sites for hydroxylation is 2. The third-order valence-electron chi connectivity index (χ3n) is 1.73. The molecule has 0 aliphatic rings. The van der Waals surface area contributed by atoms with E-state index in [-0.39, 0.29) is 0 Å². The summed E-state index contributed by atoms with van der Waals surface area (Å²) in [5, 5.41) is 3.72. The lowest BCUT2D eigenvalue weighted by Gasteiger charge is -1.99. The van der Waals surface area contributed by atoms with Crippen LogP contribution in [0.1, 0.15) is 16.7 Å². The molecule has 1 aromatic carbocycles. The van der Waals surface area contributed by atoms with Crippen LogP contribution in [-0.4, -0.2) is 13.3 Å². The maximum atomic E-state index is 4.61. The molecule has 0 spiro atoms. The van der Waals surface area contributed by atoms with Crippen LogP contribution < -0.4 is 0 Å². The normalized spacial score (nSPS) is 10.6. The summed E-state index contributed by atoms with van der Waals surface area (Å²) in [7, 11) is 1.54. The third-order valence-corrected chi connectivity index (χ3v) is 1.73. The minimum atomic E-state index is 1.11. The predicted molar refractivity (Wildman–Crippen MR) is 50.5 cm³/mol. The van der Waals surface area contributed by atoms with Crippen LogP contribution in [0.5, 0.6) is 0 Å². The van der Waals surface area contributed by atoms with E-state index >= 15 is 0 Å². The number of hydrogen-bond acceptors (Lipinski definition) is 2. The van der Waals surface area contributed by atoms with Gasteiger partial charge in [0.25, 0.3) is 0 Å². The highest BCUT2D eigenvalue weighted by molar-refractivity contribution is 5.81. The molecule has 2 heteroatoms. The van der Waals surface area contributed by atoms with Crippen LogP contribution in [-0.2, 0) is 4.84 Å². The van der Waals surface area contributed by atoms with Crippen LogP contribution in [0.2, 0.25) is 0 Å². The maximum Gasteiger partial charge on any atom is 0.106 e. The summed E-state index contributed by atoms with van der Waals surface area (Å²) >= 11 is 0. The second kappa shape index (κ2) is 3.90. The lowest BCUT2D eigenvalue weighted by atomic mass is 10.1. The van der Waals surface area contributed by atoms with Crippen molar-refractivity contribution in [3.05, 3.63) is 34.9 Å². The van der Waals surface area contributed by atoms with Crippen molar-refractivity contribution in [1.29, 1.82) is 0 Å². The Labute approximate surface area is 72.9 Å². The molecule has 0 heterocycles. The van der Waals surface area contributed by atoms with Gasteiger partial charge in [0, 0.05) is 0 Å². The minimum absolute atomic E-state index is 1.11. The average molecular weight is 163 g/mol. The lowest BCUT2D eigenvalue weighted by Crippen LogP contribution is -1.88. The smallest absolute Gasteiger partial charge is 0.106 e. The fraction of sp³-hybridized carbons (Fsp3) is 0.300. The first kappa shape index (κ1) is 8.78. The molecule has 0 fully saturated rings. The molecular formula is C10H13NO. The van der Waals surface area contributed by atoms with Gasteiger partial charge in [0.1, 0.15) is 7.11 Å². The Morgan fingerprint density at radius 3 is 2.75 bits per heavy atom. The van der Waals surface area contributed by atoms with Gasteiger partial charge in [0.05, 0.1) is 6.21 Å². The van der Waals surface area contributed by atoms with Gasteiger partial charge in [-0.3, -0.25) is 0 Å². The monoisotopic (exact) mass is 163 g/mol. The fourth-order valence-corrected chi connectivity index (χ4v) is 1.01. The minimum Gasteiger partial charge on any atom is -0.399 e. The van der Waals surface area contributed by atoms with Gasteiger partial charge >= 0.3 is 0 Å². The Kier molecular flexibility index (Phi) is 2.86. The quantitative estimate of drug-likeness (QED) is 0.484. The van der Waals surface area contributed by atoms with Crippen molar-refractivity contribution in [1.82, 2.24) is 0 Å². The average Bonchev–Trinajstić information content (AvgIpc) is 2.07. The first-order chi connectivity index (χ1) is 5.74. The molecule has 0 aliphatic heterocycles. The SMILES string of the molecule is CO/N=C/c1cc(C)ccc1C. The van der Waals surface area contributed by atoms with Crippen LogP contribution in [0.25, 0.3) is 0 Å². The Morgan fingerprint density at radius 1 is 1.33 bits per heavy atom. The van der Waals surface area contributed by atoms with E-state index in [1.807, 2.05) is 0 Å². The van der Waals surface area contributed by atoms with Crippen LogP contribution >= 0.6 is 0 Å². The molecule has 1 aromatic rings. The van der Waals surface area contributed by atoms with Gasteiger partial charge in [-0.25, -0.2) is 0 Å². The number of benzene rings is 1. The van der Waals surface area contributed by atoms with Crippen molar-refractivity contribution in [2.45, 2.75) is 13.8 Å². The summed E-state index contributed by atoms with van der Waals surface area (Å²) < 4.78 is 0. The van der Waals surface area contributed by atoms with E-state index in [1.165, 1.54) is 11.1 Å². The Morgan fingerprint density at radius 2 is 2.08 bits per heavy atom. The molecular weight excluding hydrogens is 150 g/mol. The fourth-order valence-electron chi connectivity index (χ4n) is 1.01. The van der Waals surface area contributed by atoms with Gasteiger partial charge in [-0.05, 0) is 25.0 Å². The van der Waals surface area contributed by atoms with E-state index in [1.54, 1.807) is 13.3 Å². The van der Waals surface area contributed by atoms with Crippen molar-refractivity contribution >= 4 is 6.21 Å². The number of hydrogen-bond donors (Lipinski definition) is 0. The van der Waals surface area contributed by atoms with Crippen LogP contribution in [0.3, 0.4) is 0 Å². The molecule has 2 nitrogen and oxygen atoms in total. The van der Waals surface area contributed by atoms with Crippen LogP contribution in [0.15, 0.2) is 23.4 Å². The summed E-state index contributed by atoms with van der Waals surface area (Å²) in [4.78, 5) is 4.61. The highest BCUT2D eigenvalue weighted by atomic mass is 16.6. The largest absolute Gasteiger partial charge is 0.399 e. The number of rotatable bonds is 2. The van der Waals surface area contributed by atoms with Crippen molar-refractivity contribution in [3.63, 3.8) is 0 Å². The van der Waals surface area contributed by atoms with E-state index in [4.69, 9.17) is 0 Å². The molecule has 0 aliphatic carbocycles. The van der Waals surface area contributed by atoms with Gasteiger partial charge in [0.15, 0.2) is 0 Å². The Bertz CT molecular complexity index is 292. The van der Waals surface area contributed by atoms with Crippen LogP contribution in [0, 0.1) is 13.8 Å². The van der Waals surface area contributed by atoms with Gasteiger partial charge in [-0.1, -0.05) is 28.9 Å². The van der Waals surface area contributed by atoms with Crippen molar-refractivity contribution in [3.8, 4) is 0 Å². The molecule has 0 radical (unpaired) electrons. The van der Waals surface area contributed by atoms with E-state index in [9.17, 15) is 0 Å². The van der Waals surface area contributed by atoms with E-state index < -0.39 is 0 Å². The second-order valence-electron chi connectivity index (χ2n) is 2.78. The zero-order valence-corrected chi connectivity index (χ0v) is 7.66. The molecule has 64 valence electrons. The molecule has 0 bridgehead atoms. The predicted octanol–water partition coefficient (Wildman–Crippen LogP) is 2.28. The molecule has 0 atom stereocenters. The summed E-state index contributed by atoms with van der Waals surface area (Å²) in [6.07, 6.45) is 1.72.